The van der Waals surface area contributed by atoms with Gasteiger partial charge in [0, 0.05) is 42.3 Å². The Balaban J connectivity index is 1.75. The van der Waals surface area contributed by atoms with E-state index in [1.165, 1.54) is 16.9 Å². The lowest BCUT2D eigenvalue weighted by Crippen LogP contribution is -2.08. The van der Waals surface area contributed by atoms with E-state index in [9.17, 15) is 4.39 Å². The SMILES string of the molecule is CCc1nn(C)c(Cc2nn(C)nc2-c2ccc(F)cc2C(C)Oc2cc(Br)cnc2N)c1Br. The average Bonchev–Trinajstić information content (AvgIpc) is 3.29. The zero-order valence-corrected chi connectivity index (χ0v) is 22.4. The molecule has 4 rings (SSSR count). The maximum Gasteiger partial charge on any atom is 0.166 e. The van der Waals surface area contributed by atoms with E-state index in [1.54, 1.807) is 25.4 Å². The Morgan fingerprint density at radius 3 is 2.59 bits per heavy atom. The van der Waals surface area contributed by atoms with Crippen LogP contribution in [0, 0.1) is 5.82 Å². The lowest BCUT2D eigenvalue weighted by Gasteiger charge is -2.19. The largest absolute Gasteiger partial charge is 0.482 e. The molecule has 3 heterocycles. The molecule has 0 fully saturated rings. The van der Waals surface area contributed by atoms with Gasteiger partial charge in [-0.05, 0) is 69.5 Å². The van der Waals surface area contributed by atoms with E-state index < -0.39 is 6.10 Å². The van der Waals surface area contributed by atoms with Gasteiger partial charge in [0.2, 0.25) is 0 Å². The Morgan fingerprint density at radius 2 is 1.88 bits per heavy atom. The molecule has 0 saturated carbocycles. The summed E-state index contributed by atoms with van der Waals surface area (Å²) in [5, 5.41) is 13.8. The van der Waals surface area contributed by atoms with Crippen molar-refractivity contribution in [2.24, 2.45) is 14.1 Å². The second-order valence-electron chi connectivity index (χ2n) is 7.87. The number of nitrogens with two attached hydrogens (primary N) is 1. The highest BCUT2D eigenvalue weighted by molar-refractivity contribution is 9.10. The van der Waals surface area contributed by atoms with Crippen LogP contribution in [-0.2, 0) is 26.9 Å². The molecule has 1 aromatic carbocycles. The van der Waals surface area contributed by atoms with E-state index >= 15 is 0 Å². The van der Waals surface area contributed by atoms with Crippen molar-refractivity contribution in [1.29, 1.82) is 0 Å². The lowest BCUT2D eigenvalue weighted by molar-refractivity contribution is 0.227. The highest BCUT2D eigenvalue weighted by atomic mass is 79.9. The number of benzene rings is 1. The van der Waals surface area contributed by atoms with E-state index in [-0.39, 0.29) is 11.6 Å². The molecular weight excluding hydrogens is 569 g/mol. The van der Waals surface area contributed by atoms with Gasteiger partial charge in [0.25, 0.3) is 0 Å². The van der Waals surface area contributed by atoms with Crippen LogP contribution in [0.4, 0.5) is 10.2 Å². The summed E-state index contributed by atoms with van der Waals surface area (Å²) in [7, 11) is 3.67. The molecule has 4 aromatic rings. The number of aromatic nitrogens is 6. The molecule has 178 valence electrons. The molecule has 0 aliphatic heterocycles. The highest BCUT2D eigenvalue weighted by Gasteiger charge is 2.23. The minimum atomic E-state index is -0.533. The van der Waals surface area contributed by atoms with Gasteiger partial charge in [-0.3, -0.25) is 4.68 Å². The van der Waals surface area contributed by atoms with Crippen LogP contribution in [0.1, 0.15) is 42.6 Å². The molecule has 0 spiro atoms. The summed E-state index contributed by atoms with van der Waals surface area (Å²) in [6, 6.07) is 6.30. The predicted octanol–water partition coefficient (Wildman–Crippen LogP) is 5.15. The number of anilines is 1. The van der Waals surface area contributed by atoms with Crippen molar-refractivity contribution in [3.05, 3.63) is 67.9 Å². The first-order valence-electron chi connectivity index (χ1n) is 10.7. The van der Waals surface area contributed by atoms with Crippen molar-refractivity contribution < 1.29 is 9.13 Å². The van der Waals surface area contributed by atoms with Crippen LogP contribution in [0.2, 0.25) is 0 Å². The van der Waals surface area contributed by atoms with Crippen molar-refractivity contribution in [2.75, 3.05) is 5.73 Å². The molecule has 0 aliphatic rings. The topological polar surface area (TPSA) is 96.7 Å². The summed E-state index contributed by atoms with van der Waals surface area (Å²) in [6.45, 7) is 3.89. The Bertz CT molecular complexity index is 1350. The molecule has 11 heteroatoms. The first-order valence-corrected chi connectivity index (χ1v) is 12.2. The van der Waals surface area contributed by atoms with Gasteiger partial charge in [-0.2, -0.15) is 20.1 Å². The van der Waals surface area contributed by atoms with E-state index in [1.807, 2.05) is 18.7 Å². The predicted molar refractivity (Wildman–Crippen MR) is 135 cm³/mol. The van der Waals surface area contributed by atoms with E-state index in [0.29, 0.717) is 23.4 Å². The van der Waals surface area contributed by atoms with Gasteiger partial charge in [0.05, 0.1) is 21.6 Å². The summed E-state index contributed by atoms with van der Waals surface area (Å²) in [5.41, 5.74) is 10.7. The van der Waals surface area contributed by atoms with Crippen LogP contribution in [0.25, 0.3) is 11.3 Å². The standard InChI is InChI=1S/C23H24Br2FN7O/c1-5-17-21(25)19(32(3)29-17)10-18-22(31-33(4)30-18)15-7-6-14(26)9-16(15)12(2)34-20-8-13(24)11-28-23(20)27/h6-9,11-12H,5,10H2,1-4H3,(H2,27,28). The number of ether oxygens (including phenoxy) is 1. The summed E-state index contributed by atoms with van der Waals surface area (Å²) in [6.07, 6.45) is 2.37. The molecule has 34 heavy (non-hydrogen) atoms. The molecule has 0 bridgehead atoms. The number of nitrogens with zero attached hydrogens (tertiary/aromatic N) is 6. The lowest BCUT2D eigenvalue weighted by atomic mass is 9.98. The summed E-state index contributed by atoms with van der Waals surface area (Å²) < 4.78 is 24.0. The molecule has 0 radical (unpaired) electrons. The van der Waals surface area contributed by atoms with Crippen LogP contribution in [-0.4, -0.2) is 29.8 Å². The molecule has 8 nitrogen and oxygen atoms in total. The number of rotatable bonds is 7. The minimum absolute atomic E-state index is 0.251. The maximum absolute atomic E-state index is 14.3. The van der Waals surface area contributed by atoms with Crippen LogP contribution >= 0.6 is 31.9 Å². The number of hydrogen-bond donors (Lipinski definition) is 1. The summed E-state index contributed by atoms with van der Waals surface area (Å²) in [5.74, 6) is 0.283. The molecule has 1 atom stereocenters. The Morgan fingerprint density at radius 1 is 1.12 bits per heavy atom. The van der Waals surface area contributed by atoms with E-state index in [2.05, 4.69) is 59.1 Å². The third kappa shape index (κ3) is 4.85. The van der Waals surface area contributed by atoms with Crippen molar-refractivity contribution in [3.63, 3.8) is 0 Å². The smallest absolute Gasteiger partial charge is 0.166 e. The number of pyridine rings is 1. The summed E-state index contributed by atoms with van der Waals surface area (Å²) in [4.78, 5) is 5.63. The Kier molecular flexibility index (Phi) is 7.04. The first kappa shape index (κ1) is 24.3. The Hall–Kier alpha value is -2.79. The minimum Gasteiger partial charge on any atom is -0.482 e. The van der Waals surface area contributed by atoms with Crippen LogP contribution in [0.5, 0.6) is 5.75 Å². The molecule has 0 amide bonds. The fourth-order valence-electron chi connectivity index (χ4n) is 3.81. The van der Waals surface area contributed by atoms with Gasteiger partial charge < -0.3 is 10.5 Å². The van der Waals surface area contributed by atoms with Gasteiger partial charge in [-0.15, -0.1) is 0 Å². The van der Waals surface area contributed by atoms with Gasteiger partial charge >= 0.3 is 0 Å². The van der Waals surface area contributed by atoms with Crippen molar-refractivity contribution in [1.82, 2.24) is 29.8 Å². The third-order valence-electron chi connectivity index (χ3n) is 5.48. The number of aryl methyl sites for hydroxylation is 3. The monoisotopic (exact) mass is 591 g/mol. The number of hydrogen-bond acceptors (Lipinski definition) is 6. The van der Waals surface area contributed by atoms with Gasteiger partial charge in [-0.1, -0.05) is 6.92 Å². The molecular formula is C23H24Br2FN7O. The van der Waals surface area contributed by atoms with Crippen LogP contribution in [0.15, 0.2) is 39.4 Å². The fraction of sp³-hybridized carbons (Fsp3) is 0.304. The first-order chi connectivity index (χ1) is 16.2. The quantitative estimate of drug-likeness (QED) is 0.319. The van der Waals surface area contributed by atoms with Gasteiger partial charge in [-0.25, -0.2) is 9.37 Å². The average molecular weight is 593 g/mol. The number of halogens is 3. The number of nitrogen functional groups attached to an aromatic ring is 1. The van der Waals surface area contributed by atoms with Crippen LogP contribution in [0.3, 0.4) is 0 Å². The molecule has 3 aromatic heterocycles. The van der Waals surface area contributed by atoms with Crippen molar-refractivity contribution in [3.8, 4) is 17.0 Å². The normalized spacial score (nSPS) is 12.2. The van der Waals surface area contributed by atoms with Gasteiger partial charge in [0.15, 0.2) is 11.6 Å². The maximum atomic E-state index is 14.3. The van der Waals surface area contributed by atoms with Gasteiger partial charge in [0.1, 0.15) is 17.6 Å². The Labute approximate surface area is 213 Å². The molecule has 0 aliphatic carbocycles. The van der Waals surface area contributed by atoms with Crippen molar-refractivity contribution >= 4 is 37.7 Å². The zero-order valence-electron chi connectivity index (χ0n) is 19.2. The molecule has 2 N–H and O–H groups in total. The second-order valence-corrected chi connectivity index (χ2v) is 9.58. The second kappa shape index (κ2) is 9.83. The zero-order chi connectivity index (χ0) is 24.6. The van der Waals surface area contributed by atoms with Crippen molar-refractivity contribution in [2.45, 2.75) is 32.8 Å². The van der Waals surface area contributed by atoms with Crippen LogP contribution < -0.4 is 10.5 Å². The third-order valence-corrected chi connectivity index (χ3v) is 6.83. The van der Waals surface area contributed by atoms with E-state index in [0.717, 1.165) is 38.0 Å². The highest BCUT2D eigenvalue weighted by Crippen LogP contribution is 2.35. The molecule has 1 unspecified atom stereocenters. The van der Waals surface area contributed by atoms with E-state index in [4.69, 9.17) is 10.5 Å². The summed E-state index contributed by atoms with van der Waals surface area (Å²) >= 11 is 7.05. The fourth-order valence-corrected chi connectivity index (χ4v) is 4.88. The molecule has 0 saturated heterocycles.